The Morgan fingerprint density at radius 2 is 1.88 bits per heavy atom. The lowest BCUT2D eigenvalue weighted by atomic mass is 10.00. The van der Waals surface area contributed by atoms with Crippen molar-refractivity contribution in [3.8, 4) is 34.0 Å². The maximum Gasteiger partial charge on any atom is 0.245 e. The lowest BCUT2D eigenvalue weighted by Crippen LogP contribution is -2.38. The molecule has 10 heteroatoms. The second-order valence-electron chi connectivity index (χ2n) is 9.95. The Labute approximate surface area is 231 Å². The van der Waals surface area contributed by atoms with Crippen LogP contribution in [-0.2, 0) is 11.8 Å². The predicted octanol–water partition coefficient (Wildman–Crippen LogP) is 4.93. The van der Waals surface area contributed by atoms with Crippen molar-refractivity contribution in [2.45, 2.75) is 25.8 Å². The molecule has 6 rings (SSSR count). The van der Waals surface area contributed by atoms with Gasteiger partial charge in [-0.1, -0.05) is 24.8 Å². The fourth-order valence-corrected chi connectivity index (χ4v) is 5.42. The van der Waals surface area contributed by atoms with Crippen molar-refractivity contribution in [3.05, 3.63) is 79.5 Å². The summed E-state index contributed by atoms with van der Waals surface area (Å²) in [6, 6.07) is 13.7. The van der Waals surface area contributed by atoms with E-state index in [2.05, 4.69) is 27.7 Å². The molecule has 10 nitrogen and oxygen atoms in total. The van der Waals surface area contributed by atoms with Gasteiger partial charge in [-0.3, -0.25) is 9.48 Å². The summed E-state index contributed by atoms with van der Waals surface area (Å²) in [6.07, 6.45) is 8.47. The molecule has 0 spiro atoms. The smallest absolute Gasteiger partial charge is 0.245 e. The van der Waals surface area contributed by atoms with Gasteiger partial charge in [0.15, 0.2) is 0 Å². The average Bonchev–Trinajstić information content (AvgIpc) is 3.57. The van der Waals surface area contributed by atoms with E-state index in [1.54, 1.807) is 0 Å². The van der Waals surface area contributed by atoms with Crippen LogP contribution in [0.15, 0.2) is 73.8 Å². The number of nitrogen functional groups attached to an aromatic ring is 1. The molecule has 1 aliphatic rings. The first-order valence-electron chi connectivity index (χ1n) is 13.2. The monoisotopic (exact) mass is 534 g/mol. The summed E-state index contributed by atoms with van der Waals surface area (Å²) < 4.78 is 10.0. The Kier molecular flexibility index (Phi) is 6.51. The van der Waals surface area contributed by atoms with Gasteiger partial charge in [0.2, 0.25) is 11.8 Å². The number of benzene rings is 1. The maximum atomic E-state index is 12.0. The lowest BCUT2D eigenvalue weighted by Gasteiger charge is -2.31. The van der Waals surface area contributed by atoms with E-state index in [0.29, 0.717) is 30.5 Å². The van der Waals surface area contributed by atoms with Gasteiger partial charge in [0, 0.05) is 49.2 Å². The molecule has 40 heavy (non-hydrogen) atoms. The number of nitrogens with zero attached hydrogens (tertiary/aromatic N) is 7. The normalized spacial score (nSPS) is 14.0. The third kappa shape index (κ3) is 4.57. The SMILES string of the molecule is C=CC(=O)N1CCC(n2cc(-c3c(-c4ccc(Oc5cccc(C)n5)cc4)c4c(N)ncnc4n3C)cn2)CC1. The van der Waals surface area contributed by atoms with Crippen molar-refractivity contribution in [2.75, 3.05) is 18.8 Å². The van der Waals surface area contributed by atoms with Gasteiger partial charge < -0.3 is 19.9 Å². The highest BCUT2D eigenvalue weighted by Crippen LogP contribution is 2.42. The number of nitrogens with two attached hydrogens (primary N) is 1. The minimum absolute atomic E-state index is 0.0231. The average molecular weight is 535 g/mol. The highest BCUT2D eigenvalue weighted by Gasteiger charge is 2.26. The van der Waals surface area contributed by atoms with Gasteiger partial charge in [0.05, 0.1) is 23.3 Å². The van der Waals surface area contributed by atoms with Crippen LogP contribution in [0.5, 0.6) is 11.6 Å². The van der Waals surface area contributed by atoms with Crippen molar-refractivity contribution in [2.24, 2.45) is 7.05 Å². The molecule has 4 aromatic heterocycles. The third-order valence-corrected chi connectivity index (χ3v) is 7.42. The number of carbonyl (C=O) groups excluding carboxylic acids is 1. The lowest BCUT2D eigenvalue weighted by molar-refractivity contribution is -0.127. The van der Waals surface area contributed by atoms with E-state index in [1.807, 2.05) is 76.8 Å². The summed E-state index contributed by atoms with van der Waals surface area (Å²) >= 11 is 0. The highest BCUT2D eigenvalue weighted by atomic mass is 16.5. The number of aryl methyl sites for hydroxylation is 2. The summed E-state index contributed by atoms with van der Waals surface area (Å²) in [4.78, 5) is 27.1. The Balaban J connectivity index is 1.36. The predicted molar refractivity (Wildman–Crippen MR) is 154 cm³/mol. The van der Waals surface area contributed by atoms with Crippen LogP contribution in [0, 0.1) is 6.92 Å². The van der Waals surface area contributed by atoms with Gasteiger partial charge in [-0.05, 0) is 49.6 Å². The second kappa shape index (κ2) is 10.3. The Morgan fingerprint density at radius 1 is 1.10 bits per heavy atom. The van der Waals surface area contributed by atoms with Crippen molar-refractivity contribution in [3.63, 3.8) is 0 Å². The number of ether oxygens (including phenoxy) is 1. The molecule has 0 aliphatic carbocycles. The summed E-state index contributed by atoms with van der Waals surface area (Å²) in [5.41, 5.74) is 11.8. The molecule has 202 valence electrons. The zero-order valence-corrected chi connectivity index (χ0v) is 22.5. The van der Waals surface area contributed by atoms with Crippen LogP contribution in [0.25, 0.3) is 33.4 Å². The van der Waals surface area contributed by atoms with E-state index < -0.39 is 0 Å². The Morgan fingerprint density at radius 3 is 2.60 bits per heavy atom. The first kappa shape index (κ1) is 25.3. The van der Waals surface area contributed by atoms with Crippen LogP contribution in [0.2, 0.25) is 0 Å². The van der Waals surface area contributed by atoms with Gasteiger partial charge >= 0.3 is 0 Å². The summed E-state index contributed by atoms with van der Waals surface area (Å²) in [5, 5.41) is 5.52. The molecule has 0 saturated carbocycles. The Hall–Kier alpha value is -4.99. The van der Waals surface area contributed by atoms with Gasteiger partial charge in [0.1, 0.15) is 23.5 Å². The van der Waals surface area contributed by atoms with E-state index >= 15 is 0 Å². The number of hydrogen-bond acceptors (Lipinski definition) is 7. The number of likely N-dealkylation sites (tertiary alicyclic amines) is 1. The molecule has 1 aromatic carbocycles. The molecule has 1 fully saturated rings. The molecular formula is C30H30N8O2. The fraction of sp³-hybridized carbons (Fsp3) is 0.233. The van der Waals surface area contributed by atoms with E-state index in [0.717, 1.165) is 52.0 Å². The molecular weight excluding hydrogens is 504 g/mol. The van der Waals surface area contributed by atoms with Crippen LogP contribution in [0.3, 0.4) is 0 Å². The van der Waals surface area contributed by atoms with Gasteiger partial charge in [0.25, 0.3) is 0 Å². The standard InChI is InChI=1S/C30H30N8O2/c1-4-25(39)37-14-12-22(13-15-37)38-17-21(16-34-38)28-26(27-29(31)32-18-33-30(27)36(28)3)20-8-10-23(11-9-20)40-24-7-5-6-19(2)35-24/h4-11,16-18,22H,1,12-15H2,2-3H3,(H2,31,32,33). The minimum Gasteiger partial charge on any atom is -0.439 e. The first-order valence-corrected chi connectivity index (χ1v) is 13.2. The number of anilines is 1. The van der Waals surface area contributed by atoms with Crippen molar-refractivity contribution >= 4 is 22.8 Å². The quantitative estimate of drug-likeness (QED) is 0.307. The zero-order chi connectivity index (χ0) is 27.8. The number of piperidine rings is 1. The van der Waals surface area contributed by atoms with E-state index in [1.165, 1.54) is 12.4 Å². The number of rotatable bonds is 6. The molecule has 2 N–H and O–H groups in total. The number of carbonyl (C=O) groups is 1. The third-order valence-electron chi connectivity index (χ3n) is 7.42. The largest absolute Gasteiger partial charge is 0.439 e. The molecule has 0 bridgehead atoms. The van der Waals surface area contributed by atoms with Crippen LogP contribution < -0.4 is 10.5 Å². The summed E-state index contributed by atoms with van der Waals surface area (Å²) in [7, 11) is 1.98. The van der Waals surface area contributed by atoms with E-state index in [9.17, 15) is 4.79 Å². The van der Waals surface area contributed by atoms with E-state index in [-0.39, 0.29) is 11.9 Å². The van der Waals surface area contributed by atoms with Crippen LogP contribution in [0.1, 0.15) is 24.6 Å². The molecule has 1 aliphatic heterocycles. The molecule has 1 amide bonds. The number of hydrogen-bond donors (Lipinski definition) is 1. The van der Waals surface area contributed by atoms with Crippen LogP contribution >= 0.6 is 0 Å². The van der Waals surface area contributed by atoms with Crippen molar-refractivity contribution < 1.29 is 9.53 Å². The number of amides is 1. The van der Waals surface area contributed by atoms with E-state index in [4.69, 9.17) is 15.6 Å². The van der Waals surface area contributed by atoms with Crippen LogP contribution in [0.4, 0.5) is 5.82 Å². The van der Waals surface area contributed by atoms with Crippen molar-refractivity contribution in [1.82, 2.24) is 34.2 Å². The van der Waals surface area contributed by atoms with Gasteiger partial charge in [-0.2, -0.15) is 5.10 Å². The van der Waals surface area contributed by atoms with Crippen molar-refractivity contribution in [1.29, 1.82) is 0 Å². The molecule has 0 unspecified atom stereocenters. The molecule has 1 saturated heterocycles. The summed E-state index contributed by atoms with van der Waals surface area (Å²) in [5.74, 6) is 1.62. The van der Waals surface area contributed by atoms with Crippen LogP contribution in [-0.4, -0.2) is 53.2 Å². The molecule has 5 heterocycles. The number of fused-ring (bicyclic) bond motifs is 1. The molecule has 0 atom stereocenters. The second-order valence-corrected chi connectivity index (χ2v) is 9.95. The molecule has 5 aromatic rings. The van der Waals surface area contributed by atoms with Gasteiger partial charge in [-0.25, -0.2) is 15.0 Å². The molecule has 0 radical (unpaired) electrons. The fourth-order valence-electron chi connectivity index (χ4n) is 5.42. The zero-order valence-electron chi connectivity index (χ0n) is 22.5. The Bertz CT molecular complexity index is 1710. The first-order chi connectivity index (χ1) is 19.4. The minimum atomic E-state index is -0.0231. The topological polar surface area (TPSA) is 117 Å². The van der Waals surface area contributed by atoms with Gasteiger partial charge in [-0.15, -0.1) is 0 Å². The highest BCUT2D eigenvalue weighted by molar-refractivity contribution is 6.07. The maximum absolute atomic E-state index is 12.0. The number of aromatic nitrogens is 6. The number of pyridine rings is 1. The summed E-state index contributed by atoms with van der Waals surface area (Å²) in [6.45, 7) is 6.90.